The number of rotatable bonds is 10. The van der Waals surface area contributed by atoms with Crippen molar-refractivity contribution < 1.29 is 23.9 Å². The van der Waals surface area contributed by atoms with E-state index in [0.29, 0.717) is 31.4 Å². The van der Waals surface area contributed by atoms with E-state index >= 15 is 0 Å². The molecule has 9 heteroatoms. The van der Waals surface area contributed by atoms with Gasteiger partial charge >= 0.3 is 0 Å². The lowest BCUT2D eigenvalue weighted by molar-refractivity contribution is -0.144. The number of likely N-dealkylation sites (tertiary alicyclic amines) is 2. The van der Waals surface area contributed by atoms with Gasteiger partial charge in [0, 0.05) is 39.0 Å². The third kappa shape index (κ3) is 5.88. The highest BCUT2D eigenvalue weighted by Gasteiger charge is 2.52. The summed E-state index contributed by atoms with van der Waals surface area (Å²) in [5.74, 6) is -0.772. The molecular formula is C27H40N4O5. The molecule has 0 bridgehead atoms. The Morgan fingerprint density at radius 2 is 1.78 bits per heavy atom. The molecule has 2 aliphatic heterocycles. The zero-order valence-corrected chi connectivity index (χ0v) is 22.3. The number of carbonyl (C=O) groups excluding carboxylic acids is 4. The van der Waals surface area contributed by atoms with E-state index in [2.05, 4.69) is 5.32 Å². The minimum absolute atomic E-state index is 0.0129. The number of amides is 3. The SMILES string of the molecule is CCCC(OC)C(=O)N1CC(=O)C2C1CCN2C(=O)C(CC(C)C)NC(=O)c1ccc(N(C)C)cc1. The first-order valence-electron chi connectivity index (χ1n) is 12.8. The Hall–Kier alpha value is -2.94. The summed E-state index contributed by atoms with van der Waals surface area (Å²) >= 11 is 0. The van der Waals surface area contributed by atoms with Crippen molar-refractivity contribution in [3.05, 3.63) is 29.8 Å². The standard InChI is InChI=1S/C27H40N4O5/c1-7-8-23(36-6)27(35)31-16-22(32)24-21(31)13-14-30(24)26(34)20(15-17(2)3)28-25(33)18-9-11-19(12-10-18)29(4)5/h9-12,17,20-21,23-24H,7-8,13-16H2,1-6H3,(H,28,33). The van der Waals surface area contributed by atoms with Crippen LogP contribution in [-0.2, 0) is 19.1 Å². The summed E-state index contributed by atoms with van der Waals surface area (Å²) in [5, 5.41) is 2.91. The fourth-order valence-electron chi connectivity index (χ4n) is 5.19. The van der Waals surface area contributed by atoms with Crippen molar-refractivity contribution in [2.45, 2.75) is 70.7 Å². The van der Waals surface area contributed by atoms with E-state index in [4.69, 9.17) is 4.74 Å². The molecule has 2 heterocycles. The van der Waals surface area contributed by atoms with Crippen LogP contribution in [0.4, 0.5) is 5.69 Å². The Bertz CT molecular complexity index is 961. The van der Waals surface area contributed by atoms with Gasteiger partial charge in [-0.15, -0.1) is 0 Å². The molecule has 0 radical (unpaired) electrons. The van der Waals surface area contributed by atoms with Crippen LogP contribution in [0.1, 0.15) is 56.8 Å². The van der Waals surface area contributed by atoms with E-state index in [-0.39, 0.29) is 42.0 Å². The van der Waals surface area contributed by atoms with Crippen LogP contribution in [0.5, 0.6) is 0 Å². The van der Waals surface area contributed by atoms with Crippen molar-refractivity contribution in [1.82, 2.24) is 15.1 Å². The topological polar surface area (TPSA) is 99.3 Å². The van der Waals surface area contributed by atoms with Crippen molar-refractivity contribution in [3.63, 3.8) is 0 Å². The largest absolute Gasteiger partial charge is 0.378 e. The monoisotopic (exact) mass is 500 g/mol. The van der Waals surface area contributed by atoms with Gasteiger partial charge < -0.3 is 24.8 Å². The van der Waals surface area contributed by atoms with Crippen molar-refractivity contribution >= 4 is 29.2 Å². The lowest BCUT2D eigenvalue weighted by Gasteiger charge is -2.29. The van der Waals surface area contributed by atoms with Crippen molar-refractivity contribution in [2.75, 3.05) is 39.2 Å². The maximum Gasteiger partial charge on any atom is 0.252 e. The second-order valence-electron chi connectivity index (χ2n) is 10.4. The quantitative estimate of drug-likeness (QED) is 0.528. The molecule has 36 heavy (non-hydrogen) atoms. The molecule has 3 rings (SSSR count). The van der Waals surface area contributed by atoms with Gasteiger partial charge in [-0.2, -0.15) is 0 Å². The minimum Gasteiger partial charge on any atom is -0.378 e. The molecule has 9 nitrogen and oxygen atoms in total. The van der Waals surface area contributed by atoms with E-state index < -0.39 is 18.2 Å². The molecule has 0 saturated carbocycles. The number of Topliss-reactive ketones (excluding diaryl/α,β-unsaturated/α-hetero) is 1. The normalized spacial score (nSPS) is 20.9. The summed E-state index contributed by atoms with van der Waals surface area (Å²) < 4.78 is 5.38. The molecule has 1 aromatic carbocycles. The number of anilines is 1. The molecule has 1 aromatic rings. The highest BCUT2D eigenvalue weighted by Crippen LogP contribution is 2.31. The van der Waals surface area contributed by atoms with E-state index in [1.807, 2.05) is 51.9 Å². The highest BCUT2D eigenvalue weighted by atomic mass is 16.5. The molecule has 2 fully saturated rings. The van der Waals surface area contributed by atoms with Crippen LogP contribution in [-0.4, -0.2) is 91.8 Å². The molecule has 1 N–H and O–H groups in total. The molecule has 0 aliphatic carbocycles. The minimum atomic E-state index is -0.755. The average molecular weight is 501 g/mol. The maximum absolute atomic E-state index is 13.7. The second kappa shape index (κ2) is 11.9. The first-order valence-corrected chi connectivity index (χ1v) is 12.8. The first-order chi connectivity index (χ1) is 17.1. The van der Waals surface area contributed by atoms with Gasteiger partial charge in [0.05, 0.1) is 12.6 Å². The number of benzene rings is 1. The van der Waals surface area contributed by atoms with Crippen LogP contribution >= 0.6 is 0 Å². The molecule has 2 aliphatic rings. The van der Waals surface area contributed by atoms with Gasteiger partial charge in [0.1, 0.15) is 18.2 Å². The van der Waals surface area contributed by atoms with E-state index in [9.17, 15) is 19.2 Å². The Balaban J connectivity index is 1.75. The van der Waals surface area contributed by atoms with E-state index in [1.165, 1.54) is 7.11 Å². The number of fused-ring (bicyclic) bond motifs is 1. The van der Waals surface area contributed by atoms with Crippen LogP contribution in [0.15, 0.2) is 24.3 Å². The third-order valence-electron chi connectivity index (χ3n) is 7.06. The van der Waals surface area contributed by atoms with Gasteiger partial charge in [0.2, 0.25) is 5.91 Å². The number of methoxy groups -OCH3 is 1. The summed E-state index contributed by atoms with van der Waals surface area (Å²) in [6, 6.07) is 5.40. The van der Waals surface area contributed by atoms with Crippen LogP contribution in [0.25, 0.3) is 0 Å². The van der Waals surface area contributed by atoms with Crippen molar-refractivity contribution in [2.24, 2.45) is 5.92 Å². The zero-order chi connectivity index (χ0) is 26.6. The highest BCUT2D eigenvalue weighted by molar-refractivity contribution is 6.01. The summed E-state index contributed by atoms with van der Waals surface area (Å²) in [4.78, 5) is 57.9. The lowest BCUT2D eigenvalue weighted by atomic mass is 10.0. The number of hydrogen-bond donors (Lipinski definition) is 1. The van der Waals surface area contributed by atoms with Gasteiger partial charge in [0.25, 0.3) is 11.8 Å². The molecule has 0 spiro atoms. The summed E-state index contributed by atoms with van der Waals surface area (Å²) in [5.41, 5.74) is 1.44. The Labute approximate surface area is 214 Å². The number of nitrogens with zero attached hydrogens (tertiary/aromatic N) is 3. The Morgan fingerprint density at radius 1 is 1.11 bits per heavy atom. The molecular weight excluding hydrogens is 460 g/mol. The molecule has 198 valence electrons. The fraction of sp³-hybridized carbons (Fsp3) is 0.630. The Kier molecular flexibility index (Phi) is 9.11. The summed E-state index contributed by atoms with van der Waals surface area (Å²) in [6.07, 6.45) is 1.77. The van der Waals surface area contributed by atoms with E-state index in [0.717, 1.165) is 12.1 Å². The maximum atomic E-state index is 13.7. The average Bonchev–Trinajstić information content (AvgIpc) is 3.42. The number of ether oxygens (including phenoxy) is 1. The van der Waals surface area contributed by atoms with Gasteiger partial charge in [-0.05, 0) is 49.4 Å². The van der Waals surface area contributed by atoms with Gasteiger partial charge in [0.15, 0.2) is 5.78 Å². The summed E-state index contributed by atoms with van der Waals surface area (Å²) in [6.45, 7) is 6.32. The van der Waals surface area contributed by atoms with Gasteiger partial charge in [-0.25, -0.2) is 0 Å². The smallest absolute Gasteiger partial charge is 0.252 e. The summed E-state index contributed by atoms with van der Waals surface area (Å²) in [7, 11) is 5.35. The predicted molar refractivity (Wildman–Crippen MR) is 138 cm³/mol. The molecule has 3 amide bonds. The number of nitrogens with one attached hydrogen (secondary N) is 1. The van der Waals surface area contributed by atoms with Gasteiger partial charge in [-0.1, -0.05) is 27.2 Å². The first kappa shape index (κ1) is 27.6. The van der Waals surface area contributed by atoms with Crippen LogP contribution < -0.4 is 10.2 Å². The third-order valence-corrected chi connectivity index (χ3v) is 7.06. The zero-order valence-electron chi connectivity index (χ0n) is 22.3. The number of hydrogen-bond acceptors (Lipinski definition) is 6. The number of ketones is 1. The fourth-order valence-corrected chi connectivity index (χ4v) is 5.19. The van der Waals surface area contributed by atoms with Crippen molar-refractivity contribution in [3.8, 4) is 0 Å². The lowest BCUT2D eigenvalue weighted by Crippen LogP contribution is -2.53. The second-order valence-corrected chi connectivity index (χ2v) is 10.4. The van der Waals surface area contributed by atoms with Crippen molar-refractivity contribution in [1.29, 1.82) is 0 Å². The molecule has 4 atom stereocenters. The van der Waals surface area contributed by atoms with Crippen LogP contribution in [0.3, 0.4) is 0 Å². The molecule has 0 aromatic heterocycles. The molecule has 4 unspecified atom stereocenters. The Morgan fingerprint density at radius 3 is 2.33 bits per heavy atom. The molecule has 2 saturated heterocycles. The number of carbonyl (C=O) groups is 4. The van der Waals surface area contributed by atoms with Crippen LogP contribution in [0.2, 0.25) is 0 Å². The van der Waals surface area contributed by atoms with Crippen LogP contribution in [0, 0.1) is 5.92 Å². The predicted octanol–water partition coefficient (Wildman–Crippen LogP) is 2.09. The van der Waals surface area contributed by atoms with E-state index in [1.54, 1.807) is 21.9 Å². The van der Waals surface area contributed by atoms with Gasteiger partial charge in [-0.3, -0.25) is 19.2 Å².